The fourth-order valence-electron chi connectivity index (χ4n) is 2.56. The van der Waals surface area contributed by atoms with E-state index in [0.717, 1.165) is 18.1 Å². The molecule has 0 unspecified atom stereocenters. The smallest absolute Gasteiger partial charge is 0.343 e. The molecule has 1 amide bonds. The summed E-state index contributed by atoms with van der Waals surface area (Å²) in [5.74, 6) is -2.04. The molecule has 0 aliphatic heterocycles. The lowest BCUT2D eigenvalue weighted by Crippen LogP contribution is -2.38. The summed E-state index contributed by atoms with van der Waals surface area (Å²) in [5.41, 5.74) is 0.752. The van der Waals surface area contributed by atoms with Crippen LogP contribution in [0.15, 0.2) is 48.5 Å². The standard InChI is InChI=1S/C20H21ClFNO3/c1-3-14(15-8-5-4-6-9-15)12-23-19(24)13(2)26-20(25)18-16(21)10-7-11-17(18)22/h4-11,13-14H,3,12H2,1-2H3,(H,23,24)/t13-,14+/m0/s1. The first-order valence-corrected chi connectivity index (χ1v) is 8.79. The van der Waals surface area contributed by atoms with Crippen LogP contribution < -0.4 is 5.32 Å². The maximum Gasteiger partial charge on any atom is 0.343 e. The van der Waals surface area contributed by atoms with Gasteiger partial charge in [0.25, 0.3) is 5.91 Å². The second-order valence-corrected chi connectivity index (χ2v) is 6.31. The summed E-state index contributed by atoms with van der Waals surface area (Å²) in [6.07, 6.45) is -0.213. The minimum Gasteiger partial charge on any atom is -0.449 e. The number of benzene rings is 2. The molecule has 0 aromatic heterocycles. The molecule has 2 rings (SSSR count). The van der Waals surface area contributed by atoms with Crippen molar-refractivity contribution in [3.05, 3.63) is 70.5 Å². The minimum absolute atomic E-state index is 0.0577. The van der Waals surface area contributed by atoms with Gasteiger partial charge in [-0.25, -0.2) is 9.18 Å². The van der Waals surface area contributed by atoms with E-state index in [-0.39, 0.29) is 16.5 Å². The highest BCUT2D eigenvalue weighted by atomic mass is 35.5. The highest BCUT2D eigenvalue weighted by Crippen LogP contribution is 2.21. The van der Waals surface area contributed by atoms with Gasteiger partial charge in [-0.15, -0.1) is 0 Å². The summed E-state index contributed by atoms with van der Waals surface area (Å²) < 4.78 is 18.8. The van der Waals surface area contributed by atoms with Crippen molar-refractivity contribution < 1.29 is 18.7 Å². The van der Waals surface area contributed by atoms with Gasteiger partial charge in [-0.3, -0.25) is 4.79 Å². The molecule has 2 atom stereocenters. The second-order valence-electron chi connectivity index (χ2n) is 5.91. The third-order valence-electron chi connectivity index (χ3n) is 4.11. The van der Waals surface area contributed by atoms with Gasteiger partial charge in [0.1, 0.15) is 11.4 Å². The molecular weight excluding hydrogens is 357 g/mol. The van der Waals surface area contributed by atoms with Crippen molar-refractivity contribution in [1.82, 2.24) is 5.32 Å². The molecule has 4 nitrogen and oxygen atoms in total. The average molecular weight is 378 g/mol. The first-order valence-electron chi connectivity index (χ1n) is 8.41. The van der Waals surface area contributed by atoms with E-state index in [4.69, 9.17) is 16.3 Å². The minimum atomic E-state index is -1.06. The number of nitrogens with one attached hydrogen (secondary N) is 1. The third kappa shape index (κ3) is 5.05. The molecule has 26 heavy (non-hydrogen) atoms. The number of hydrogen-bond donors (Lipinski definition) is 1. The number of carbonyl (C=O) groups excluding carboxylic acids is 2. The van der Waals surface area contributed by atoms with Crippen LogP contribution in [0.5, 0.6) is 0 Å². The maximum absolute atomic E-state index is 13.8. The lowest BCUT2D eigenvalue weighted by molar-refractivity contribution is -0.129. The predicted octanol–water partition coefficient (Wildman–Crippen LogP) is 4.33. The Morgan fingerprint density at radius 3 is 2.46 bits per heavy atom. The summed E-state index contributed by atoms with van der Waals surface area (Å²) in [6.45, 7) is 3.89. The first kappa shape index (κ1) is 19.9. The molecule has 2 aromatic carbocycles. The maximum atomic E-state index is 13.8. The molecule has 0 saturated carbocycles. The van der Waals surface area contributed by atoms with Gasteiger partial charge in [0, 0.05) is 12.5 Å². The van der Waals surface area contributed by atoms with Crippen molar-refractivity contribution in [1.29, 1.82) is 0 Å². The highest BCUT2D eigenvalue weighted by Gasteiger charge is 2.23. The Kier molecular flexibility index (Phi) is 7.16. The van der Waals surface area contributed by atoms with Gasteiger partial charge in [0.05, 0.1) is 5.02 Å². The lowest BCUT2D eigenvalue weighted by atomic mass is 9.96. The Morgan fingerprint density at radius 1 is 1.15 bits per heavy atom. The Morgan fingerprint density at radius 2 is 1.85 bits per heavy atom. The normalized spacial score (nSPS) is 12.9. The van der Waals surface area contributed by atoms with E-state index < -0.39 is 23.8 Å². The van der Waals surface area contributed by atoms with Gasteiger partial charge in [-0.05, 0) is 31.0 Å². The van der Waals surface area contributed by atoms with Crippen LogP contribution in [-0.2, 0) is 9.53 Å². The van der Waals surface area contributed by atoms with Crippen LogP contribution >= 0.6 is 11.6 Å². The number of ether oxygens (including phenoxy) is 1. The molecule has 0 saturated heterocycles. The topological polar surface area (TPSA) is 55.4 Å². The van der Waals surface area contributed by atoms with E-state index in [1.807, 2.05) is 37.3 Å². The Labute approximate surface area is 157 Å². The van der Waals surface area contributed by atoms with E-state index >= 15 is 0 Å². The Balaban J connectivity index is 1.94. The molecule has 0 bridgehead atoms. The summed E-state index contributed by atoms with van der Waals surface area (Å²) in [5, 5.41) is 2.72. The molecule has 0 radical (unpaired) electrons. The van der Waals surface area contributed by atoms with Crippen LogP contribution in [-0.4, -0.2) is 24.5 Å². The highest BCUT2D eigenvalue weighted by molar-refractivity contribution is 6.33. The molecule has 0 aliphatic rings. The van der Waals surface area contributed by atoms with Crippen LogP contribution in [0.1, 0.15) is 42.1 Å². The number of hydrogen-bond acceptors (Lipinski definition) is 3. The van der Waals surface area contributed by atoms with Crippen molar-refractivity contribution in [2.75, 3.05) is 6.54 Å². The monoisotopic (exact) mass is 377 g/mol. The molecule has 0 spiro atoms. The summed E-state index contributed by atoms with van der Waals surface area (Å²) in [6, 6.07) is 13.7. The SMILES string of the molecule is CC[C@H](CNC(=O)[C@H](C)OC(=O)c1c(F)cccc1Cl)c1ccccc1. The van der Waals surface area contributed by atoms with Gasteiger partial charge in [0.2, 0.25) is 0 Å². The Hall–Kier alpha value is -2.40. The quantitative estimate of drug-likeness (QED) is 0.730. The van der Waals surface area contributed by atoms with E-state index in [1.54, 1.807) is 0 Å². The van der Waals surface area contributed by atoms with E-state index in [0.29, 0.717) is 6.54 Å². The van der Waals surface area contributed by atoms with Crippen LogP contribution in [0.3, 0.4) is 0 Å². The molecule has 0 fully saturated rings. The van der Waals surface area contributed by atoms with Crippen molar-refractivity contribution in [2.24, 2.45) is 0 Å². The molecule has 0 heterocycles. The summed E-state index contributed by atoms with van der Waals surface area (Å²) >= 11 is 5.84. The fraction of sp³-hybridized carbons (Fsp3) is 0.300. The number of carbonyl (C=O) groups is 2. The van der Waals surface area contributed by atoms with Crippen molar-refractivity contribution in [3.63, 3.8) is 0 Å². The van der Waals surface area contributed by atoms with Crippen LogP contribution in [0.25, 0.3) is 0 Å². The van der Waals surface area contributed by atoms with Gasteiger partial charge >= 0.3 is 5.97 Å². The van der Waals surface area contributed by atoms with Crippen LogP contribution in [0.2, 0.25) is 5.02 Å². The van der Waals surface area contributed by atoms with Gasteiger partial charge in [-0.1, -0.05) is 54.9 Å². The van der Waals surface area contributed by atoms with Crippen LogP contribution in [0, 0.1) is 5.82 Å². The number of amides is 1. The number of esters is 1. The number of rotatable bonds is 7. The molecular formula is C20H21ClFNO3. The van der Waals surface area contributed by atoms with Gasteiger partial charge in [0.15, 0.2) is 6.10 Å². The lowest BCUT2D eigenvalue weighted by Gasteiger charge is -2.19. The Bertz CT molecular complexity index is 747. The molecule has 1 N–H and O–H groups in total. The zero-order valence-electron chi connectivity index (χ0n) is 14.7. The summed E-state index contributed by atoms with van der Waals surface area (Å²) in [7, 11) is 0. The zero-order valence-corrected chi connectivity index (χ0v) is 15.4. The third-order valence-corrected chi connectivity index (χ3v) is 4.42. The predicted molar refractivity (Wildman–Crippen MR) is 98.8 cm³/mol. The molecule has 6 heteroatoms. The largest absolute Gasteiger partial charge is 0.449 e. The second kappa shape index (κ2) is 9.34. The zero-order chi connectivity index (χ0) is 19.1. The summed E-state index contributed by atoms with van der Waals surface area (Å²) in [4.78, 5) is 24.3. The van der Waals surface area contributed by atoms with Gasteiger partial charge in [-0.2, -0.15) is 0 Å². The molecule has 2 aromatic rings. The van der Waals surface area contributed by atoms with E-state index in [9.17, 15) is 14.0 Å². The average Bonchev–Trinajstić information content (AvgIpc) is 2.62. The van der Waals surface area contributed by atoms with Crippen molar-refractivity contribution >= 4 is 23.5 Å². The van der Waals surface area contributed by atoms with E-state index in [1.165, 1.54) is 19.1 Å². The van der Waals surface area contributed by atoms with Crippen molar-refractivity contribution in [3.8, 4) is 0 Å². The molecule has 0 aliphatic carbocycles. The first-order chi connectivity index (χ1) is 12.4. The van der Waals surface area contributed by atoms with Crippen LogP contribution in [0.4, 0.5) is 4.39 Å². The number of halogens is 2. The van der Waals surface area contributed by atoms with Crippen molar-refractivity contribution in [2.45, 2.75) is 32.3 Å². The van der Waals surface area contributed by atoms with Gasteiger partial charge < -0.3 is 10.1 Å². The van der Waals surface area contributed by atoms with E-state index in [2.05, 4.69) is 5.32 Å². The molecule has 138 valence electrons. The fourth-order valence-corrected chi connectivity index (χ4v) is 2.80.